The van der Waals surface area contributed by atoms with Crippen molar-refractivity contribution in [1.29, 1.82) is 5.41 Å². The van der Waals surface area contributed by atoms with E-state index in [4.69, 9.17) is 30.8 Å². The number of carbonyl (C=O) groups excluding carboxylic acids is 3. The van der Waals surface area contributed by atoms with Crippen LogP contribution in [0.2, 0.25) is 0 Å². The van der Waals surface area contributed by atoms with E-state index in [-0.39, 0.29) is 41.9 Å². The van der Waals surface area contributed by atoms with Crippen molar-refractivity contribution in [3.8, 4) is 33.2 Å². The molecule has 313 valence electrons. The maximum atomic E-state index is 12.4. The normalized spacial score (nSPS) is 10.6. The number of allylic oxidation sites excluding steroid dienone is 1. The minimum absolute atomic E-state index is 0. The Morgan fingerprint density at radius 3 is 1.80 bits per heavy atom. The van der Waals surface area contributed by atoms with Crippen LogP contribution in [-0.2, 0) is 40.1 Å². The standard InChI is InChI=1S/C21H17N3O6.C19H21F3N3S.CNS.Ru/c1-28-19(25)12-4-6-22-15(8-12)17-10-14(21(27)30-3)11-18(24-17)16-9-13(5-7-23-16)20(26)29-2;1-2-3-4-5-6-14-8-10-17(26-14)13-7-9-16(25-12-13)15(23)11-18(24)19(20,21)22;2-1-3;/h4-11H,1-3H3;7-12,23-24H,2-6H2,1H3;;/q;2*-1;+3/b;15-11-,24-18?;;. The first-order chi connectivity index (χ1) is 28.2. The molecule has 0 amide bonds. The van der Waals surface area contributed by atoms with Crippen LogP contribution in [0.25, 0.3) is 50.1 Å². The predicted molar refractivity (Wildman–Crippen MR) is 222 cm³/mol. The summed E-state index contributed by atoms with van der Waals surface area (Å²) in [7, 11) is 3.81. The van der Waals surface area contributed by atoms with Gasteiger partial charge in [-0.15, -0.1) is 17.0 Å². The molecule has 5 rings (SSSR count). The molecule has 0 bridgehead atoms. The van der Waals surface area contributed by atoms with Gasteiger partial charge in [0.05, 0.1) is 60.8 Å². The molecule has 0 aliphatic carbocycles. The summed E-state index contributed by atoms with van der Waals surface area (Å²) in [5.41, 5.74) is 8.73. The number of aromatic nitrogens is 4. The quantitative estimate of drug-likeness (QED) is 0.0294. The van der Waals surface area contributed by atoms with Crippen molar-refractivity contribution < 1.29 is 61.2 Å². The number of rotatable bonds is 13. The van der Waals surface area contributed by atoms with Crippen LogP contribution in [0.15, 0.2) is 85.3 Å². The number of esters is 3. The zero-order chi connectivity index (χ0) is 43.5. The van der Waals surface area contributed by atoms with Crippen LogP contribution in [0.1, 0.15) is 74.3 Å². The third kappa shape index (κ3) is 15.1. The summed E-state index contributed by atoms with van der Waals surface area (Å²) in [5, 5.41) is 15.4. The van der Waals surface area contributed by atoms with Crippen LogP contribution in [0.3, 0.4) is 0 Å². The average molecular weight is 947 g/mol. The van der Waals surface area contributed by atoms with Gasteiger partial charge in [-0.3, -0.25) is 20.4 Å². The topological polar surface area (TPSA) is 200 Å². The number of methoxy groups -OCH3 is 3. The fourth-order valence-electron chi connectivity index (χ4n) is 5.05. The van der Waals surface area contributed by atoms with Gasteiger partial charge in [0.25, 0.3) is 0 Å². The molecule has 0 aliphatic rings. The number of aryl methyl sites for hydroxylation is 1. The largest absolute Gasteiger partial charge is 3.00 e. The number of halogens is 3. The van der Waals surface area contributed by atoms with Crippen molar-refractivity contribution >= 4 is 58.0 Å². The zero-order valence-electron chi connectivity index (χ0n) is 32.6. The van der Waals surface area contributed by atoms with E-state index in [1.54, 1.807) is 23.6 Å². The summed E-state index contributed by atoms with van der Waals surface area (Å²) in [6.45, 7) is 2.18. The first-order valence-electron chi connectivity index (χ1n) is 17.5. The van der Waals surface area contributed by atoms with E-state index in [0.29, 0.717) is 28.9 Å². The van der Waals surface area contributed by atoms with E-state index in [9.17, 15) is 27.6 Å². The molecular weight excluding hydrogens is 909 g/mol. The van der Waals surface area contributed by atoms with Gasteiger partial charge < -0.3 is 25.4 Å². The second-order valence-corrected chi connectivity index (χ2v) is 13.4. The number of thiocarbonyl (C=S) groups is 1. The number of isothiocyanates is 1. The second-order valence-electron chi connectivity index (χ2n) is 12.0. The first-order valence-corrected chi connectivity index (χ1v) is 18.8. The van der Waals surface area contributed by atoms with Crippen molar-refractivity contribution in [1.82, 2.24) is 19.9 Å². The number of alkyl halides is 3. The first kappa shape index (κ1) is 50.3. The summed E-state index contributed by atoms with van der Waals surface area (Å²) in [6, 6.07) is 16.4. The molecular formula is C41H38F3N7O6RuS2+. The summed E-state index contributed by atoms with van der Waals surface area (Å²) in [4.78, 5) is 55.3. The average Bonchev–Trinajstić information content (AvgIpc) is 3.73. The van der Waals surface area contributed by atoms with Gasteiger partial charge in [0, 0.05) is 39.6 Å². The van der Waals surface area contributed by atoms with Crippen molar-refractivity contribution in [2.24, 2.45) is 0 Å². The molecule has 0 fully saturated rings. The fourth-order valence-corrected chi connectivity index (χ4v) is 6.09. The molecule has 0 spiro atoms. The van der Waals surface area contributed by atoms with Crippen LogP contribution in [0.5, 0.6) is 0 Å². The number of unbranched alkanes of at least 4 members (excludes halogenated alkanes) is 3. The van der Waals surface area contributed by atoms with E-state index in [2.05, 4.69) is 45.1 Å². The second kappa shape index (κ2) is 24.9. The summed E-state index contributed by atoms with van der Waals surface area (Å²) in [5.74, 6) is -1.65. The molecule has 0 unspecified atom stereocenters. The van der Waals surface area contributed by atoms with Crippen LogP contribution in [0.4, 0.5) is 13.2 Å². The third-order valence-corrected chi connectivity index (χ3v) is 9.18. The van der Waals surface area contributed by atoms with E-state index < -0.39 is 35.5 Å². The minimum atomic E-state index is -4.75. The Balaban J connectivity index is 0.000000385. The monoisotopic (exact) mass is 947 g/mol. The number of ether oxygens (including phenoxy) is 3. The molecule has 5 aromatic rings. The molecule has 1 radical (unpaired) electrons. The number of nitrogens with zero attached hydrogens (tertiary/aromatic N) is 5. The maximum Gasteiger partial charge on any atom is 3.00 e. The fraction of sp³-hybridized carbons (Fsp3) is 0.244. The van der Waals surface area contributed by atoms with Gasteiger partial charge in [-0.05, 0) is 79.6 Å². The Labute approximate surface area is 366 Å². The SMILES string of the molecule is CCCCCCc1ccc(-c2ccc(/C([NH-])=C/C(=N)C(F)(F)F)nc2)s1.COC(=O)c1ccnc(-c2cc(C(=O)OC)cc(-c3cc(C(=O)OC)ccn3)n2)c1.[N-]=C=S.[Ru+3]. The number of hydrogen-bond acceptors (Lipinski definition) is 13. The number of thiophene rings is 1. The molecule has 0 saturated carbocycles. The van der Waals surface area contributed by atoms with Crippen molar-refractivity contribution in [3.05, 3.63) is 124 Å². The van der Waals surface area contributed by atoms with Crippen LogP contribution in [-0.4, -0.2) is 76.2 Å². The Kier molecular flexibility index (Phi) is 20.9. The smallest absolute Gasteiger partial charge is 0.753 e. The van der Waals surface area contributed by atoms with Crippen molar-refractivity contribution in [2.45, 2.75) is 45.2 Å². The number of hydrogen-bond donors (Lipinski definition) is 1. The van der Waals surface area contributed by atoms with Crippen LogP contribution >= 0.6 is 23.6 Å². The molecule has 0 saturated heterocycles. The molecule has 2 N–H and O–H groups in total. The van der Waals surface area contributed by atoms with Gasteiger partial charge in [-0.2, -0.15) is 18.3 Å². The zero-order valence-corrected chi connectivity index (χ0v) is 36.0. The number of pyridine rings is 4. The van der Waals surface area contributed by atoms with Gasteiger partial charge in [0.2, 0.25) is 0 Å². The molecule has 0 atom stereocenters. The molecule has 60 heavy (non-hydrogen) atoms. The van der Waals surface area contributed by atoms with Gasteiger partial charge in [0.1, 0.15) is 5.71 Å². The Morgan fingerprint density at radius 2 is 1.33 bits per heavy atom. The van der Waals surface area contributed by atoms with E-state index >= 15 is 0 Å². The third-order valence-electron chi connectivity index (χ3n) is 7.99. The molecule has 19 heteroatoms. The van der Waals surface area contributed by atoms with Gasteiger partial charge in [0.15, 0.2) is 0 Å². The van der Waals surface area contributed by atoms with E-state index in [1.807, 2.05) is 6.07 Å². The summed E-state index contributed by atoms with van der Waals surface area (Å²) < 4.78 is 51.4. The number of carbonyl (C=O) groups is 3. The van der Waals surface area contributed by atoms with Gasteiger partial charge >= 0.3 is 43.6 Å². The van der Waals surface area contributed by atoms with E-state index in [0.717, 1.165) is 16.9 Å². The molecule has 5 aromatic heterocycles. The van der Waals surface area contributed by atoms with E-state index in [1.165, 1.54) is 112 Å². The van der Waals surface area contributed by atoms with Crippen LogP contribution < -0.4 is 0 Å². The molecule has 0 aliphatic heterocycles. The molecule has 13 nitrogen and oxygen atoms in total. The Bertz CT molecular complexity index is 2240. The Morgan fingerprint density at radius 1 is 0.817 bits per heavy atom. The molecule has 0 aromatic carbocycles. The number of nitrogens with one attached hydrogen (secondary N) is 2. The summed E-state index contributed by atoms with van der Waals surface area (Å²) in [6.07, 6.45) is 6.05. The van der Waals surface area contributed by atoms with Crippen molar-refractivity contribution in [2.75, 3.05) is 21.3 Å². The van der Waals surface area contributed by atoms with Crippen molar-refractivity contribution in [3.63, 3.8) is 0 Å². The summed E-state index contributed by atoms with van der Waals surface area (Å²) >= 11 is 5.39. The Hall–Kier alpha value is -5.87. The maximum absolute atomic E-state index is 12.4. The van der Waals surface area contributed by atoms with Gasteiger partial charge in [-0.1, -0.05) is 38.4 Å². The molecule has 5 heterocycles. The van der Waals surface area contributed by atoms with Gasteiger partial charge in [-0.25, -0.2) is 19.4 Å². The predicted octanol–water partition coefficient (Wildman–Crippen LogP) is 10.1. The van der Waals surface area contributed by atoms with Crippen LogP contribution in [0, 0.1) is 5.41 Å². The minimum Gasteiger partial charge on any atom is -0.753 e.